The fourth-order valence-electron chi connectivity index (χ4n) is 2.18. The van der Waals surface area contributed by atoms with E-state index in [2.05, 4.69) is 15.9 Å². The Balaban J connectivity index is 2.03. The average molecular weight is 375 g/mol. The van der Waals surface area contributed by atoms with Crippen LogP contribution in [0.4, 0.5) is 0 Å². The van der Waals surface area contributed by atoms with Crippen LogP contribution < -0.4 is 0 Å². The number of halogens is 1. The maximum absolute atomic E-state index is 9.81. The molecule has 21 heavy (non-hydrogen) atoms. The largest absolute Gasteiger partial charge is 0.388 e. The Morgan fingerprint density at radius 1 is 0.714 bits per heavy atom. The number of alkyl halides is 1. The van der Waals surface area contributed by atoms with E-state index in [1.165, 1.54) is 6.92 Å². The molecule has 0 amide bonds. The molecule has 2 rings (SSSR count). The molecule has 0 bridgehead atoms. The van der Waals surface area contributed by atoms with Gasteiger partial charge in [0.25, 0.3) is 0 Å². The second kappa shape index (κ2) is 6.71. The number of hydrogen-bond donors (Lipinski definition) is 6. The lowest BCUT2D eigenvalue weighted by molar-refractivity contribution is -0.364. The molecule has 0 saturated carbocycles. The lowest BCUT2D eigenvalue weighted by Crippen LogP contribution is -2.61. The van der Waals surface area contributed by atoms with Crippen molar-refractivity contribution in [2.24, 2.45) is 0 Å². The smallest absolute Gasteiger partial charge is 0.190 e. The number of aliphatic hydroxyl groups is 6. The Morgan fingerprint density at radius 3 is 1.76 bits per heavy atom. The molecule has 0 radical (unpaired) electrons. The first-order valence-corrected chi connectivity index (χ1v) is 7.34. The average Bonchev–Trinajstić information content (AvgIpc) is 2.45. The van der Waals surface area contributed by atoms with Crippen molar-refractivity contribution < 1.29 is 44.8 Å². The maximum Gasteiger partial charge on any atom is 0.190 e. The van der Waals surface area contributed by atoms with E-state index >= 15 is 0 Å². The molecule has 10 heteroatoms. The summed E-state index contributed by atoms with van der Waals surface area (Å²) in [5, 5.41) is 57.0. The van der Waals surface area contributed by atoms with Crippen LogP contribution in [0.25, 0.3) is 0 Å². The standard InChI is InChI=1S/C11H19BrO9/c1-2-3(13)4(14)7(17)10(19-2)21-11-8(18)5(15)6(16)9(12)20-11/h2-11,13-18H,1H3/t2?,3-,4?,5?,6-,7?,8?,9?,10+,11-/m0/s1. The zero-order valence-corrected chi connectivity index (χ0v) is 12.6. The van der Waals surface area contributed by atoms with Crippen LogP contribution in [0.2, 0.25) is 0 Å². The molecule has 2 saturated heterocycles. The van der Waals surface area contributed by atoms with Crippen molar-refractivity contribution in [1.82, 2.24) is 0 Å². The zero-order valence-electron chi connectivity index (χ0n) is 11.1. The van der Waals surface area contributed by atoms with Crippen LogP contribution in [-0.4, -0.2) is 91.0 Å². The second-order valence-corrected chi connectivity index (χ2v) is 6.05. The summed E-state index contributed by atoms with van der Waals surface area (Å²) in [6.45, 7) is 1.47. The van der Waals surface area contributed by atoms with Gasteiger partial charge in [-0.25, -0.2) is 0 Å². The normalized spacial score (nSPS) is 55.4. The summed E-state index contributed by atoms with van der Waals surface area (Å²) in [7, 11) is 0. The molecule has 0 aromatic rings. The van der Waals surface area contributed by atoms with Crippen LogP contribution in [-0.2, 0) is 14.2 Å². The molecular weight excluding hydrogens is 356 g/mol. The van der Waals surface area contributed by atoms with E-state index in [1.54, 1.807) is 0 Å². The van der Waals surface area contributed by atoms with Crippen LogP contribution in [0.15, 0.2) is 0 Å². The SMILES string of the molecule is CC1O[C@H](O[C@@H]2OC(Br)[C@@H](O)C(O)C2O)C(O)C(O)[C@H]1O. The highest BCUT2D eigenvalue weighted by Crippen LogP contribution is 2.29. The molecule has 10 atom stereocenters. The minimum Gasteiger partial charge on any atom is -0.388 e. The fourth-order valence-corrected chi connectivity index (χ4v) is 2.70. The zero-order chi connectivity index (χ0) is 15.9. The number of hydrogen-bond acceptors (Lipinski definition) is 9. The summed E-state index contributed by atoms with van der Waals surface area (Å²) in [5.41, 5.74) is 0. The molecule has 2 heterocycles. The van der Waals surface area contributed by atoms with Gasteiger partial charge >= 0.3 is 0 Å². The number of rotatable bonds is 2. The molecule has 6 N–H and O–H groups in total. The summed E-state index contributed by atoms with van der Waals surface area (Å²) in [5.74, 6) is 0. The van der Waals surface area contributed by atoms with Gasteiger partial charge in [0.1, 0.15) is 41.6 Å². The molecule has 2 fully saturated rings. The van der Waals surface area contributed by atoms with E-state index in [-0.39, 0.29) is 0 Å². The first-order chi connectivity index (χ1) is 9.73. The summed E-state index contributed by atoms with van der Waals surface area (Å²) in [4.78, 5) is 0. The van der Waals surface area contributed by atoms with E-state index in [0.717, 1.165) is 0 Å². The Bertz CT molecular complexity index is 327. The minimum absolute atomic E-state index is 0.815. The topological polar surface area (TPSA) is 149 Å². The van der Waals surface area contributed by atoms with Gasteiger partial charge in [0.15, 0.2) is 12.6 Å². The van der Waals surface area contributed by atoms with Crippen molar-refractivity contribution in [3.05, 3.63) is 0 Å². The predicted molar refractivity (Wildman–Crippen MR) is 69.0 cm³/mol. The maximum atomic E-state index is 9.81. The van der Waals surface area contributed by atoms with Gasteiger partial charge in [0.2, 0.25) is 0 Å². The molecule has 9 nitrogen and oxygen atoms in total. The molecule has 124 valence electrons. The highest BCUT2D eigenvalue weighted by atomic mass is 79.9. The van der Waals surface area contributed by atoms with Crippen LogP contribution in [0, 0.1) is 0 Å². The third kappa shape index (κ3) is 3.39. The van der Waals surface area contributed by atoms with Crippen molar-refractivity contribution in [2.75, 3.05) is 0 Å². The van der Waals surface area contributed by atoms with Crippen LogP contribution >= 0.6 is 15.9 Å². The first-order valence-electron chi connectivity index (χ1n) is 6.43. The van der Waals surface area contributed by atoms with Gasteiger partial charge in [0, 0.05) is 0 Å². The van der Waals surface area contributed by atoms with Crippen molar-refractivity contribution >= 4 is 15.9 Å². The Hall–Kier alpha value is 0.120. The molecule has 2 aliphatic heterocycles. The number of ether oxygens (including phenoxy) is 3. The van der Waals surface area contributed by atoms with E-state index in [1.807, 2.05) is 0 Å². The molecule has 0 aromatic carbocycles. The molecule has 2 aliphatic rings. The quantitative estimate of drug-likeness (QED) is 0.278. The fraction of sp³-hybridized carbons (Fsp3) is 1.00. The van der Waals surface area contributed by atoms with Gasteiger partial charge in [-0.3, -0.25) is 0 Å². The van der Waals surface area contributed by atoms with Crippen LogP contribution in [0.5, 0.6) is 0 Å². The second-order valence-electron chi connectivity index (χ2n) is 5.14. The lowest BCUT2D eigenvalue weighted by atomic mass is 10.00. The Morgan fingerprint density at radius 2 is 1.19 bits per heavy atom. The Labute approximate surface area is 128 Å². The minimum atomic E-state index is -1.58. The summed E-state index contributed by atoms with van der Waals surface area (Å²) < 4.78 is 15.5. The van der Waals surface area contributed by atoms with Crippen LogP contribution in [0.3, 0.4) is 0 Å². The Kier molecular flexibility index (Phi) is 5.58. The van der Waals surface area contributed by atoms with Gasteiger partial charge in [-0.15, -0.1) is 0 Å². The molecule has 0 spiro atoms. The molecule has 0 aromatic heterocycles. The van der Waals surface area contributed by atoms with E-state index < -0.39 is 60.3 Å². The van der Waals surface area contributed by atoms with Crippen LogP contribution in [0.1, 0.15) is 6.92 Å². The van der Waals surface area contributed by atoms with E-state index in [0.29, 0.717) is 0 Å². The van der Waals surface area contributed by atoms with Gasteiger partial charge in [-0.2, -0.15) is 0 Å². The van der Waals surface area contributed by atoms with E-state index in [4.69, 9.17) is 14.2 Å². The predicted octanol–water partition coefficient (Wildman–Crippen LogP) is -3.01. The van der Waals surface area contributed by atoms with Gasteiger partial charge in [-0.05, 0) is 6.92 Å². The third-order valence-corrected chi connectivity index (χ3v) is 4.35. The van der Waals surface area contributed by atoms with Gasteiger partial charge in [-0.1, -0.05) is 15.9 Å². The number of aliphatic hydroxyl groups excluding tert-OH is 6. The first kappa shape index (κ1) is 17.5. The van der Waals surface area contributed by atoms with Crippen molar-refractivity contribution in [1.29, 1.82) is 0 Å². The monoisotopic (exact) mass is 374 g/mol. The van der Waals surface area contributed by atoms with Gasteiger partial charge < -0.3 is 44.8 Å². The highest BCUT2D eigenvalue weighted by Gasteiger charge is 2.48. The molecule has 0 aliphatic carbocycles. The molecule has 6 unspecified atom stereocenters. The van der Waals surface area contributed by atoms with Crippen molar-refractivity contribution in [3.63, 3.8) is 0 Å². The molecular formula is C11H19BrO9. The summed E-state index contributed by atoms with van der Waals surface area (Å²) in [6.07, 6.45) is -12.4. The van der Waals surface area contributed by atoms with E-state index in [9.17, 15) is 30.6 Å². The third-order valence-electron chi connectivity index (χ3n) is 3.59. The summed E-state index contributed by atoms with van der Waals surface area (Å²) >= 11 is 2.96. The highest BCUT2D eigenvalue weighted by molar-refractivity contribution is 9.09. The summed E-state index contributed by atoms with van der Waals surface area (Å²) in [6, 6.07) is 0. The van der Waals surface area contributed by atoms with Crippen molar-refractivity contribution in [3.8, 4) is 0 Å². The van der Waals surface area contributed by atoms with Gasteiger partial charge in [0.05, 0.1) is 6.10 Å². The van der Waals surface area contributed by atoms with Crippen molar-refractivity contribution in [2.45, 2.75) is 67.2 Å². The lowest BCUT2D eigenvalue weighted by Gasteiger charge is -2.43.